The molecule has 2 aromatic rings. The summed E-state index contributed by atoms with van der Waals surface area (Å²) in [5.74, 6) is 0. The minimum atomic E-state index is -0.271. The summed E-state index contributed by atoms with van der Waals surface area (Å²) in [5.41, 5.74) is 2.26. The molecule has 1 nitrogen and oxygen atoms in total. The van der Waals surface area contributed by atoms with Crippen molar-refractivity contribution in [2.24, 2.45) is 0 Å². The highest BCUT2D eigenvalue weighted by molar-refractivity contribution is 5.24. The Kier molecular flexibility index (Phi) is 4.29. The van der Waals surface area contributed by atoms with E-state index in [0.29, 0.717) is 6.61 Å². The summed E-state index contributed by atoms with van der Waals surface area (Å²) in [4.78, 5) is 0. The summed E-state index contributed by atoms with van der Waals surface area (Å²) in [6.07, 6.45) is 0. The third kappa shape index (κ3) is 3.49. The van der Waals surface area contributed by atoms with Crippen LogP contribution in [0.1, 0.15) is 38.8 Å². The van der Waals surface area contributed by atoms with Crippen LogP contribution < -0.4 is 0 Å². The van der Waals surface area contributed by atoms with Crippen LogP contribution in [0.4, 0.5) is 0 Å². The van der Waals surface area contributed by atoms with Gasteiger partial charge < -0.3 is 4.74 Å². The van der Waals surface area contributed by atoms with E-state index in [9.17, 15) is 0 Å². The third-order valence-corrected chi connectivity index (χ3v) is 3.82. The van der Waals surface area contributed by atoms with E-state index in [1.165, 1.54) is 11.1 Å². The highest BCUT2D eigenvalue weighted by Gasteiger charge is 2.27. The Bertz CT molecular complexity index is 475. The standard InChI is InChI=1S/C19H24O/c1-18(2,16-11-7-5-8-12-16)15-20-19(3,4)17-13-9-6-10-14-17/h5-14H,15H2,1-4H3. The first-order chi connectivity index (χ1) is 9.42. The van der Waals surface area contributed by atoms with Gasteiger partial charge in [-0.1, -0.05) is 74.5 Å². The molecule has 2 rings (SSSR count). The average Bonchev–Trinajstić information content (AvgIpc) is 2.47. The van der Waals surface area contributed by atoms with Crippen molar-refractivity contribution in [1.29, 1.82) is 0 Å². The summed E-state index contributed by atoms with van der Waals surface area (Å²) < 4.78 is 6.23. The lowest BCUT2D eigenvalue weighted by Gasteiger charge is -2.32. The zero-order valence-electron chi connectivity index (χ0n) is 12.9. The summed E-state index contributed by atoms with van der Waals surface area (Å²) in [6, 6.07) is 20.9. The largest absolute Gasteiger partial charge is 0.370 e. The van der Waals surface area contributed by atoms with Gasteiger partial charge in [0.15, 0.2) is 0 Å². The van der Waals surface area contributed by atoms with Gasteiger partial charge in [0.05, 0.1) is 12.2 Å². The van der Waals surface area contributed by atoms with Crippen molar-refractivity contribution >= 4 is 0 Å². The summed E-state index contributed by atoms with van der Waals surface area (Å²) in [6.45, 7) is 9.40. The quantitative estimate of drug-likeness (QED) is 0.748. The zero-order chi connectivity index (χ0) is 14.6. The lowest BCUT2D eigenvalue weighted by Crippen LogP contribution is -2.31. The number of ether oxygens (including phenoxy) is 1. The maximum Gasteiger partial charge on any atom is 0.0875 e. The Balaban J connectivity index is 2.08. The maximum atomic E-state index is 6.23. The van der Waals surface area contributed by atoms with Gasteiger partial charge in [0.2, 0.25) is 0 Å². The normalized spacial score (nSPS) is 12.4. The fourth-order valence-electron chi connectivity index (χ4n) is 2.26. The molecule has 20 heavy (non-hydrogen) atoms. The molecule has 0 heterocycles. The second-order valence-electron chi connectivity index (χ2n) is 6.41. The second kappa shape index (κ2) is 5.80. The molecule has 0 radical (unpaired) electrons. The van der Waals surface area contributed by atoms with Crippen LogP contribution in [-0.2, 0) is 15.8 Å². The number of rotatable bonds is 5. The molecule has 0 saturated carbocycles. The fraction of sp³-hybridized carbons (Fsp3) is 0.368. The molecule has 0 N–H and O–H groups in total. The minimum absolute atomic E-state index is 0.00725. The van der Waals surface area contributed by atoms with E-state index in [2.05, 4.69) is 76.2 Å². The summed E-state index contributed by atoms with van der Waals surface area (Å²) >= 11 is 0. The minimum Gasteiger partial charge on any atom is -0.370 e. The number of hydrogen-bond acceptors (Lipinski definition) is 1. The maximum absolute atomic E-state index is 6.23. The molecule has 0 bridgehead atoms. The van der Waals surface area contributed by atoms with Crippen LogP contribution in [0, 0.1) is 0 Å². The van der Waals surface area contributed by atoms with Gasteiger partial charge in [0, 0.05) is 5.41 Å². The first-order valence-electron chi connectivity index (χ1n) is 7.17. The van der Waals surface area contributed by atoms with Crippen molar-refractivity contribution in [2.75, 3.05) is 6.61 Å². The van der Waals surface area contributed by atoms with Gasteiger partial charge in [0.25, 0.3) is 0 Å². The monoisotopic (exact) mass is 268 g/mol. The Morgan fingerprint density at radius 1 is 0.700 bits per heavy atom. The Morgan fingerprint density at radius 3 is 1.65 bits per heavy atom. The molecule has 0 atom stereocenters. The van der Waals surface area contributed by atoms with Crippen molar-refractivity contribution in [3.05, 3.63) is 71.8 Å². The van der Waals surface area contributed by atoms with Crippen molar-refractivity contribution in [3.63, 3.8) is 0 Å². The Hall–Kier alpha value is -1.60. The van der Waals surface area contributed by atoms with E-state index >= 15 is 0 Å². The molecular formula is C19H24O. The van der Waals surface area contributed by atoms with E-state index < -0.39 is 0 Å². The van der Waals surface area contributed by atoms with Crippen LogP contribution in [0.5, 0.6) is 0 Å². The van der Waals surface area contributed by atoms with Gasteiger partial charge in [0.1, 0.15) is 0 Å². The lowest BCUT2D eigenvalue weighted by molar-refractivity contribution is -0.0423. The van der Waals surface area contributed by atoms with Gasteiger partial charge in [-0.25, -0.2) is 0 Å². The molecule has 106 valence electrons. The molecule has 0 unspecified atom stereocenters. The van der Waals surface area contributed by atoms with Gasteiger partial charge in [-0.3, -0.25) is 0 Å². The average molecular weight is 268 g/mol. The fourth-order valence-corrected chi connectivity index (χ4v) is 2.26. The number of hydrogen-bond donors (Lipinski definition) is 0. The van der Waals surface area contributed by atoms with Crippen LogP contribution in [-0.4, -0.2) is 6.61 Å². The summed E-state index contributed by atoms with van der Waals surface area (Å²) in [7, 11) is 0. The summed E-state index contributed by atoms with van der Waals surface area (Å²) in [5, 5.41) is 0. The Morgan fingerprint density at radius 2 is 1.15 bits per heavy atom. The van der Waals surface area contributed by atoms with E-state index in [0.717, 1.165) is 0 Å². The predicted octanol–water partition coefficient (Wildman–Crippen LogP) is 4.92. The Labute approximate surface area is 122 Å². The van der Waals surface area contributed by atoms with Crippen molar-refractivity contribution in [1.82, 2.24) is 0 Å². The van der Waals surface area contributed by atoms with Gasteiger partial charge in [-0.2, -0.15) is 0 Å². The van der Waals surface area contributed by atoms with E-state index in [1.807, 2.05) is 12.1 Å². The van der Waals surface area contributed by atoms with E-state index in [4.69, 9.17) is 4.74 Å². The molecule has 0 fully saturated rings. The van der Waals surface area contributed by atoms with E-state index in [-0.39, 0.29) is 11.0 Å². The number of benzene rings is 2. The van der Waals surface area contributed by atoms with Gasteiger partial charge in [-0.05, 0) is 25.0 Å². The second-order valence-corrected chi connectivity index (χ2v) is 6.41. The van der Waals surface area contributed by atoms with Crippen LogP contribution in [0.3, 0.4) is 0 Å². The first kappa shape index (κ1) is 14.8. The molecule has 0 aromatic heterocycles. The smallest absolute Gasteiger partial charge is 0.0875 e. The highest BCUT2D eigenvalue weighted by atomic mass is 16.5. The predicted molar refractivity (Wildman–Crippen MR) is 84.9 cm³/mol. The van der Waals surface area contributed by atoms with Crippen LogP contribution >= 0.6 is 0 Å². The topological polar surface area (TPSA) is 9.23 Å². The lowest BCUT2D eigenvalue weighted by atomic mass is 9.85. The first-order valence-corrected chi connectivity index (χ1v) is 7.17. The van der Waals surface area contributed by atoms with Gasteiger partial charge in [-0.15, -0.1) is 0 Å². The molecule has 0 aliphatic heterocycles. The van der Waals surface area contributed by atoms with Crippen molar-refractivity contribution in [2.45, 2.75) is 38.7 Å². The van der Waals surface area contributed by atoms with Gasteiger partial charge >= 0.3 is 0 Å². The molecular weight excluding hydrogens is 244 g/mol. The van der Waals surface area contributed by atoms with Crippen LogP contribution in [0.25, 0.3) is 0 Å². The molecule has 1 heteroatoms. The molecule has 0 spiro atoms. The third-order valence-electron chi connectivity index (χ3n) is 3.82. The molecule has 2 aromatic carbocycles. The van der Waals surface area contributed by atoms with E-state index in [1.54, 1.807) is 0 Å². The SMILES string of the molecule is CC(C)(COC(C)(C)c1ccccc1)c1ccccc1. The highest BCUT2D eigenvalue weighted by Crippen LogP contribution is 2.29. The molecule has 0 aliphatic carbocycles. The molecule has 0 aliphatic rings. The zero-order valence-corrected chi connectivity index (χ0v) is 12.9. The van der Waals surface area contributed by atoms with Crippen molar-refractivity contribution < 1.29 is 4.74 Å². The van der Waals surface area contributed by atoms with Crippen LogP contribution in [0.15, 0.2) is 60.7 Å². The molecule has 0 amide bonds. The molecule has 0 saturated heterocycles. The van der Waals surface area contributed by atoms with Crippen molar-refractivity contribution in [3.8, 4) is 0 Å². The van der Waals surface area contributed by atoms with Crippen LogP contribution in [0.2, 0.25) is 0 Å².